The second-order valence-electron chi connectivity index (χ2n) is 2.71. The summed E-state index contributed by atoms with van der Waals surface area (Å²) in [4.78, 5) is 0.324. The van der Waals surface area contributed by atoms with Gasteiger partial charge in [0.2, 0.25) is 0 Å². The van der Waals surface area contributed by atoms with Crippen molar-refractivity contribution in [3.05, 3.63) is 0 Å². The first kappa shape index (κ1) is 10.8. The van der Waals surface area contributed by atoms with Gasteiger partial charge in [0, 0.05) is 6.42 Å². The highest BCUT2D eigenvalue weighted by atomic mass is 32.1. The fraction of sp³-hybridized carbons (Fsp3) is 0.857. The topological polar surface area (TPSA) is 55.5 Å². The van der Waals surface area contributed by atoms with Crippen molar-refractivity contribution in [3.63, 3.8) is 0 Å². The Kier molecular flexibility index (Phi) is 5.36. The second kappa shape index (κ2) is 5.46. The number of nitrogens with two attached hydrogens (primary N) is 1. The van der Waals surface area contributed by atoms with Gasteiger partial charge in [0.1, 0.15) is 0 Å². The van der Waals surface area contributed by atoms with Crippen LogP contribution in [0.1, 0.15) is 20.3 Å². The highest BCUT2D eigenvalue weighted by Crippen LogP contribution is 1.95. The van der Waals surface area contributed by atoms with Gasteiger partial charge in [-0.2, -0.15) is 0 Å². The van der Waals surface area contributed by atoms with Crippen molar-refractivity contribution in [2.75, 3.05) is 6.61 Å². The van der Waals surface area contributed by atoms with E-state index in [-0.39, 0.29) is 6.10 Å². The molecule has 1 atom stereocenters. The van der Waals surface area contributed by atoms with Gasteiger partial charge in [0.05, 0.1) is 23.8 Å². The normalized spacial score (nSPS) is 13.5. The maximum absolute atomic E-state index is 9.18. The van der Waals surface area contributed by atoms with E-state index in [1.54, 1.807) is 0 Å². The summed E-state index contributed by atoms with van der Waals surface area (Å²) < 4.78 is 5.14. The Balaban J connectivity index is 3.37. The molecule has 0 heterocycles. The van der Waals surface area contributed by atoms with Gasteiger partial charge in [-0.25, -0.2) is 0 Å². The Morgan fingerprint density at radius 1 is 1.64 bits per heavy atom. The molecule has 66 valence electrons. The minimum atomic E-state index is -0.560. The third-order valence-electron chi connectivity index (χ3n) is 1.06. The zero-order chi connectivity index (χ0) is 8.85. The smallest absolute Gasteiger partial charge is 0.0836 e. The Morgan fingerprint density at radius 3 is 2.55 bits per heavy atom. The number of aliphatic hydroxyl groups excluding tert-OH is 1. The predicted molar refractivity (Wildman–Crippen MR) is 48.5 cm³/mol. The molecule has 0 aromatic rings. The fourth-order valence-electron chi connectivity index (χ4n) is 0.595. The largest absolute Gasteiger partial charge is 0.393 e. The standard InChI is InChI=1S/C7H15NO2S/c1-5(2)10-4-6(9)3-7(8)11/h5-6,9H,3-4H2,1-2H3,(H2,8,11). The SMILES string of the molecule is CC(C)OCC(O)CC(N)=S. The third kappa shape index (κ3) is 7.71. The molecule has 0 saturated heterocycles. The summed E-state index contributed by atoms with van der Waals surface area (Å²) in [7, 11) is 0. The fourth-order valence-corrected chi connectivity index (χ4v) is 0.787. The molecule has 0 aliphatic rings. The average molecular weight is 177 g/mol. The second-order valence-corrected chi connectivity index (χ2v) is 3.23. The number of ether oxygens (including phenoxy) is 1. The van der Waals surface area contributed by atoms with E-state index in [2.05, 4.69) is 12.2 Å². The van der Waals surface area contributed by atoms with E-state index in [9.17, 15) is 5.11 Å². The molecule has 0 fully saturated rings. The summed E-state index contributed by atoms with van der Waals surface area (Å²) in [5, 5.41) is 9.18. The van der Waals surface area contributed by atoms with Crippen LogP contribution in [0.3, 0.4) is 0 Å². The number of thiocarbonyl (C=S) groups is 1. The van der Waals surface area contributed by atoms with Crippen molar-refractivity contribution in [1.29, 1.82) is 0 Å². The van der Waals surface area contributed by atoms with Crippen LogP contribution in [-0.2, 0) is 4.74 Å². The lowest BCUT2D eigenvalue weighted by Crippen LogP contribution is -2.24. The van der Waals surface area contributed by atoms with E-state index in [1.807, 2.05) is 13.8 Å². The van der Waals surface area contributed by atoms with Gasteiger partial charge in [-0.05, 0) is 13.8 Å². The first-order valence-electron chi connectivity index (χ1n) is 3.60. The minimum absolute atomic E-state index is 0.135. The summed E-state index contributed by atoms with van der Waals surface area (Å²) in [5.74, 6) is 0. The summed E-state index contributed by atoms with van der Waals surface area (Å²) in [6.07, 6.45) is -0.0897. The molecule has 0 aromatic heterocycles. The number of hydrogen-bond acceptors (Lipinski definition) is 3. The molecule has 3 nitrogen and oxygen atoms in total. The van der Waals surface area contributed by atoms with Gasteiger partial charge in [0.25, 0.3) is 0 Å². The highest BCUT2D eigenvalue weighted by molar-refractivity contribution is 7.80. The lowest BCUT2D eigenvalue weighted by Gasteiger charge is -2.12. The van der Waals surface area contributed by atoms with Crippen LogP contribution in [0.5, 0.6) is 0 Å². The van der Waals surface area contributed by atoms with E-state index >= 15 is 0 Å². The number of hydrogen-bond donors (Lipinski definition) is 2. The molecular formula is C7H15NO2S. The zero-order valence-corrected chi connectivity index (χ0v) is 7.73. The van der Waals surface area contributed by atoms with Crippen LogP contribution in [0, 0.1) is 0 Å². The van der Waals surface area contributed by atoms with Crippen LogP contribution in [0.4, 0.5) is 0 Å². The van der Waals surface area contributed by atoms with Crippen LogP contribution in [0.2, 0.25) is 0 Å². The molecule has 4 heteroatoms. The van der Waals surface area contributed by atoms with Gasteiger partial charge >= 0.3 is 0 Å². The van der Waals surface area contributed by atoms with Crippen LogP contribution < -0.4 is 5.73 Å². The summed E-state index contributed by atoms with van der Waals surface area (Å²) in [6.45, 7) is 4.12. The zero-order valence-electron chi connectivity index (χ0n) is 6.91. The van der Waals surface area contributed by atoms with Crippen molar-refractivity contribution < 1.29 is 9.84 Å². The Hall–Kier alpha value is -0.190. The molecule has 0 bridgehead atoms. The van der Waals surface area contributed by atoms with E-state index < -0.39 is 6.10 Å². The van der Waals surface area contributed by atoms with E-state index in [0.29, 0.717) is 18.0 Å². The van der Waals surface area contributed by atoms with Crippen LogP contribution in [0.25, 0.3) is 0 Å². The Labute approximate surface area is 72.5 Å². The van der Waals surface area contributed by atoms with E-state index in [1.165, 1.54) is 0 Å². The molecule has 0 saturated carbocycles. The van der Waals surface area contributed by atoms with E-state index in [4.69, 9.17) is 10.5 Å². The van der Waals surface area contributed by atoms with E-state index in [0.717, 1.165) is 0 Å². The van der Waals surface area contributed by atoms with Crippen LogP contribution in [0.15, 0.2) is 0 Å². The molecule has 0 radical (unpaired) electrons. The van der Waals surface area contributed by atoms with Gasteiger partial charge < -0.3 is 15.6 Å². The van der Waals surface area contributed by atoms with Crippen LogP contribution >= 0.6 is 12.2 Å². The van der Waals surface area contributed by atoms with Crippen molar-refractivity contribution in [2.45, 2.75) is 32.5 Å². The predicted octanol–water partition coefficient (Wildman–Crippen LogP) is 0.449. The lowest BCUT2D eigenvalue weighted by molar-refractivity contribution is 0.00899. The summed E-state index contributed by atoms with van der Waals surface area (Å²) >= 11 is 4.61. The Bertz CT molecular complexity index is 128. The Morgan fingerprint density at radius 2 is 2.18 bits per heavy atom. The molecule has 0 aliphatic carbocycles. The van der Waals surface area contributed by atoms with Crippen molar-refractivity contribution in [1.82, 2.24) is 0 Å². The van der Waals surface area contributed by atoms with Gasteiger partial charge in [-0.3, -0.25) is 0 Å². The minimum Gasteiger partial charge on any atom is -0.393 e. The summed E-state index contributed by atoms with van der Waals surface area (Å²) in [6, 6.07) is 0. The third-order valence-corrected chi connectivity index (χ3v) is 1.23. The highest BCUT2D eigenvalue weighted by Gasteiger charge is 2.06. The average Bonchev–Trinajstić information content (AvgIpc) is 1.82. The maximum Gasteiger partial charge on any atom is 0.0836 e. The number of aliphatic hydroxyl groups is 1. The van der Waals surface area contributed by atoms with Gasteiger partial charge in [-0.1, -0.05) is 12.2 Å². The first-order valence-corrected chi connectivity index (χ1v) is 4.01. The van der Waals surface area contributed by atoms with Crippen molar-refractivity contribution in [3.8, 4) is 0 Å². The lowest BCUT2D eigenvalue weighted by atomic mass is 10.3. The van der Waals surface area contributed by atoms with Crippen molar-refractivity contribution >= 4 is 17.2 Å². The van der Waals surface area contributed by atoms with Gasteiger partial charge in [-0.15, -0.1) is 0 Å². The quantitative estimate of drug-likeness (QED) is 0.599. The molecule has 11 heavy (non-hydrogen) atoms. The molecule has 0 spiro atoms. The number of rotatable bonds is 5. The molecule has 1 unspecified atom stereocenters. The molecule has 0 aliphatic heterocycles. The van der Waals surface area contributed by atoms with Crippen LogP contribution in [-0.4, -0.2) is 28.9 Å². The molecule has 0 amide bonds. The molecule has 3 N–H and O–H groups in total. The van der Waals surface area contributed by atoms with Gasteiger partial charge in [0.15, 0.2) is 0 Å². The summed E-state index contributed by atoms with van der Waals surface area (Å²) in [5.41, 5.74) is 5.22. The monoisotopic (exact) mass is 177 g/mol. The van der Waals surface area contributed by atoms with Crippen molar-refractivity contribution in [2.24, 2.45) is 5.73 Å². The first-order chi connectivity index (χ1) is 5.02. The maximum atomic E-state index is 9.18. The molecule has 0 aromatic carbocycles. The molecular weight excluding hydrogens is 162 g/mol. The molecule has 0 rings (SSSR count).